The largest absolute Gasteiger partial charge is 0.494 e. The predicted molar refractivity (Wildman–Crippen MR) is 113 cm³/mol. The van der Waals surface area contributed by atoms with Gasteiger partial charge in [0.05, 0.1) is 27.8 Å². The van der Waals surface area contributed by atoms with Crippen LogP contribution >= 0.6 is 0 Å². The first-order valence-electron chi connectivity index (χ1n) is 9.60. The SMILES string of the molecule is COc1ccc(S(=N)(=O)/C=C/CNC(=O)c2cc3c([nH]c2=O)CCC(OC)C3)cc1F. The van der Waals surface area contributed by atoms with E-state index in [2.05, 4.69) is 10.3 Å². The number of carbonyl (C=O) groups excluding carboxylic acids is 1. The fraction of sp³-hybridized carbons (Fsp3) is 0.333. The van der Waals surface area contributed by atoms with Crippen molar-refractivity contribution in [3.05, 3.63) is 68.7 Å². The summed E-state index contributed by atoms with van der Waals surface area (Å²) in [6, 6.07) is 5.20. The zero-order valence-corrected chi connectivity index (χ0v) is 18.0. The number of pyridine rings is 1. The molecule has 0 bridgehead atoms. The number of halogens is 1. The van der Waals surface area contributed by atoms with E-state index in [0.29, 0.717) is 12.8 Å². The van der Waals surface area contributed by atoms with Crippen LogP contribution < -0.4 is 15.6 Å². The molecule has 1 amide bonds. The van der Waals surface area contributed by atoms with E-state index >= 15 is 0 Å². The Bertz CT molecular complexity index is 1170. The fourth-order valence-corrected chi connectivity index (χ4v) is 4.46. The summed E-state index contributed by atoms with van der Waals surface area (Å²) >= 11 is 0. The lowest BCUT2D eigenvalue weighted by atomic mass is 9.92. The Hall–Kier alpha value is -2.98. The summed E-state index contributed by atoms with van der Waals surface area (Å²) in [5.41, 5.74) is 1.19. The molecular formula is C21H24FN3O5S. The van der Waals surface area contributed by atoms with Gasteiger partial charge in [-0.25, -0.2) is 13.4 Å². The molecule has 10 heteroatoms. The van der Waals surface area contributed by atoms with Crippen LogP contribution in [0.5, 0.6) is 5.75 Å². The maximum atomic E-state index is 13.8. The average Bonchev–Trinajstić information content (AvgIpc) is 2.75. The first-order chi connectivity index (χ1) is 14.7. The molecule has 1 aliphatic rings. The van der Waals surface area contributed by atoms with Gasteiger partial charge in [-0.3, -0.25) is 9.59 Å². The van der Waals surface area contributed by atoms with Gasteiger partial charge in [0, 0.05) is 31.2 Å². The summed E-state index contributed by atoms with van der Waals surface area (Å²) in [7, 11) is -0.470. The topological polar surface area (TPSA) is 121 Å². The van der Waals surface area contributed by atoms with Gasteiger partial charge in [-0.1, -0.05) is 6.08 Å². The van der Waals surface area contributed by atoms with E-state index in [1.54, 1.807) is 13.2 Å². The summed E-state index contributed by atoms with van der Waals surface area (Å²) in [6.07, 6.45) is 3.48. The highest BCUT2D eigenvalue weighted by molar-refractivity contribution is 7.95. The van der Waals surface area contributed by atoms with E-state index in [0.717, 1.165) is 29.2 Å². The molecule has 3 rings (SSSR count). The Morgan fingerprint density at radius 3 is 2.84 bits per heavy atom. The number of H-pyrrole nitrogens is 1. The van der Waals surface area contributed by atoms with Gasteiger partial charge in [-0.2, -0.15) is 0 Å². The van der Waals surface area contributed by atoms with E-state index in [9.17, 15) is 18.2 Å². The van der Waals surface area contributed by atoms with Gasteiger partial charge in [0.25, 0.3) is 11.5 Å². The number of rotatable bonds is 7. The number of carbonyl (C=O) groups is 1. The van der Waals surface area contributed by atoms with Crippen LogP contribution in [0.3, 0.4) is 0 Å². The number of methoxy groups -OCH3 is 2. The molecule has 2 unspecified atom stereocenters. The Balaban J connectivity index is 1.66. The van der Waals surface area contributed by atoms with Crippen LogP contribution in [-0.2, 0) is 27.3 Å². The van der Waals surface area contributed by atoms with Crippen molar-refractivity contribution in [3.63, 3.8) is 0 Å². The van der Waals surface area contributed by atoms with Crippen molar-refractivity contribution in [2.24, 2.45) is 0 Å². The number of aryl methyl sites for hydroxylation is 1. The molecule has 166 valence electrons. The maximum Gasteiger partial charge on any atom is 0.261 e. The number of fused-ring (bicyclic) bond motifs is 1. The first kappa shape index (κ1) is 22.7. The molecule has 0 spiro atoms. The zero-order chi connectivity index (χ0) is 22.6. The highest BCUT2D eigenvalue weighted by Gasteiger charge is 2.22. The van der Waals surface area contributed by atoms with Crippen molar-refractivity contribution in [3.8, 4) is 5.75 Å². The number of aromatic amines is 1. The smallest absolute Gasteiger partial charge is 0.261 e. The minimum Gasteiger partial charge on any atom is -0.494 e. The Morgan fingerprint density at radius 1 is 1.39 bits per heavy atom. The van der Waals surface area contributed by atoms with E-state index in [1.165, 1.54) is 25.3 Å². The summed E-state index contributed by atoms with van der Waals surface area (Å²) in [6.45, 7) is -0.0510. The van der Waals surface area contributed by atoms with Crippen LogP contribution in [0.1, 0.15) is 28.0 Å². The van der Waals surface area contributed by atoms with Crippen LogP contribution in [0.2, 0.25) is 0 Å². The highest BCUT2D eigenvalue weighted by atomic mass is 32.2. The second kappa shape index (κ2) is 9.44. The molecule has 0 radical (unpaired) electrons. The molecule has 1 heterocycles. The fourth-order valence-electron chi connectivity index (χ4n) is 3.38. The molecule has 0 fully saturated rings. The van der Waals surface area contributed by atoms with Gasteiger partial charge in [0.1, 0.15) is 5.56 Å². The second-order valence-corrected chi connectivity index (χ2v) is 9.04. The maximum absolute atomic E-state index is 13.8. The third-order valence-corrected chi connectivity index (χ3v) is 6.63. The van der Waals surface area contributed by atoms with Crippen LogP contribution in [0.4, 0.5) is 4.39 Å². The minimum absolute atomic E-state index is 0.0118. The van der Waals surface area contributed by atoms with Gasteiger partial charge in [-0.05, 0) is 42.7 Å². The molecule has 0 saturated heterocycles. The van der Waals surface area contributed by atoms with Gasteiger partial charge in [-0.15, -0.1) is 0 Å². The average molecular weight is 450 g/mol. The number of benzene rings is 1. The van der Waals surface area contributed by atoms with Crippen LogP contribution in [0, 0.1) is 10.6 Å². The van der Waals surface area contributed by atoms with Crippen molar-refractivity contribution < 1.29 is 22.9 Å². The van der Waals surface area contributed by atoms with E-state index in [1.807, 2.05) is 0 Å². The number of aromatic nitrogens is 1. The zero-order valence-electron chi connectivity index (χ0n) is 17.2. The third kappa shape index (κ3) is 5.20. The van der Waals surface area contributed by atoms with Gasteiger partial charge >= 0.3 is 0 Å². The van der Waals surface area contributed by atoms with Crippen LogP contribution in [0.15, 0.2) is 45.4 Å². The van der Waals surface area contributed by atoms with Crippen molar-refractivity contribution in [1.82, 2.24) is 10.3 Å². The molecule has 1 aliphatic carbocycles. The Labute approximate surface area is 179 Å². The number of hydrogen-bond acceptors (Lipinski definition) is 6. The van der Waals surface area contributed by atoms with Gasteiger partial charge in [0.15, 0.2) is 11.6 Å². The van der Waals surface area contributed by atoms with E-state index in [-0.39, 0.29) is 28.9 Å². The molecule has 8 nitrogen and oxygen atoms in total. The number of nitrogens with one attached hydrogen (secondary N) is 3. The number of amides is 1. The molecular weight excluding hydrogens is 425 g/mol. The van der Waals surface area contributed by atoms with Crippen molar-refractivity contribution in [2.45, 2.75) is 30.3 Å². The Kier molecular flexibility index (Phi) is 6.91. The lowest BCUT2D eigenvalue weighted by molar-refractivity contribution is 0.0899. The standard InChI is InChI=1S/C21H24FN3O5S/c1-29-14-4-6-18-13(10-14)11-16(21(27)25-18)20(26)24-8-3-9-31(23,28)15-5-7-19(30-2)17(22)12-15/h3,5,7,9,11-12,14,23H,4,6,8,10H2,1-2H3,(H,24,26)(H,25,27)/b9-3+. The van der Waals surface area contributed by atoms with Gasteiger partial charge < -0.3 is 19.8 Å². The first-order valence-corrected chi connectivity index (χ1v) is 11.2. The molecule has 0 aliphatic heterocycles. The molecule has 1 aromatic heterocycles. The monoisotopic (exact) mass is 449 g/mol. The number of hydrogen-bond donors (Lipinski definition) is 3. The second-order valence-electron chi connectivity index (χ2n) is 7.10. The third-order valence-electron chi connectivity index (χ3n) is 5.10. The molecule has 2 atom stereocenters. The van der Waals surface area contributed by atoms with Crippen molar-refractivity contribution in [2.75, 3.05) is 20.8 Å². The van der Waals surface area contributed by atoms with Crippen molar-refractivity contribution >= 4 is 15.6 Å². The molecule has 0 saturated carbocycles. The summed E-state index contributed by atoms with van der Waals surface area (Å²) in [4.78, 5) is 27.4. The van der Waals surface area contributed by atoms with Crippen LogP contribution in [-0.4, -0.2) is 42.0 Å². The molecule has 2 aromatic rings. The predicted octanol–water partition coefficient (Wildman–Crippen LogP) is 2.38. The lowest BCUT2D eigenvalue weighted by Crippen LogP contribution is -2.32. The van der Waals surface area contributed by atoms with E-state index < -0.39 is 27.0 Å². The van der Waals surface area contributed by atoms with Crippen LogP contribution in [0.25, 0.3) is 0 Å². The Morgan fingerprint density at radius 2 is 2.16 bits per heavy atom. The molecule has 3 N–H and O–H groups in total. The minimum atomic E-state index is -3.41. The van der Waals surface area contributed by atoms with Gasteiger partial charge in [0.2, 0.25) is 0 Å². The normalized spacial score (nSPS) is 17.7. The molecule has 1 aromatic carbocycles. The highest BCUT2D eigenvalue weighted by Crippen LogP contribution is 2.22. The quantitative estimate of drug-likeness (QED) is 0.599. The van der Waals surface area contributed by atoms with Crippen molar-refractivity contribution in [1.29, 1.82) is 4.78 Å². The summed E-state index contributed by atoms with van der Waals surface area (Å²) in [5.74, 6) is -1.31. The molecule has 31 heavy (non-hydrogen) atoms. The summed E-state index contributed by atoms with van der Waals surface area (Å²) in [5, 5.41) is 3.64. The summed E-state index contributed by atoms with van der Waals surface area (Å²) < 4.78 is 44.5. The number of ether oxygens (including phenoxy) is 2. The van der Waals surface area contributed by atoms with E-state index in [4.69, 9.17) is 14.3 Å². The lowest BCUT2D eigenvalue weighted by Gasteiger charge is -2.23.